The van der Waals surface area contributed by atoms with E-state index >= 15 is 0 Å². The van der Waals surface area contributed by atoms with Crippen molar-refractivity contribution in [2.24, 2.45) is 5.73 Å². The van der Waals surface area contributed by atoms with Gasteiger partial charge >= 0.3 is 7.75 Å². The molecule has 2 aromatic rings. The zero-order chi connectivity index (χ0) is 19.6. The van der Waals surface area contributed by atoms with E-state index in [0.29, 0.717) is 0 Å². The van der Waals surface area contributed by atoms with Gasteiger partial charge in [-0.1, -0.05) is 18.2 Å². The number of carbonyl (C=O) groups is 1. The number of hydrogen-bond donors (Lipinski definition) is 5. The number of rotatable bonds is 7. The Morgan fingerprint density at radius 1 is 1.33 bits per heavy atom. The fraction of sp³-hybridized carbons (Fsp3) is 0.357. The van der Waals surface area contributed by atoms with Gasteiger partial charge in [-0.25, -0.2) is 19.3 Å². The Bertz CT molecular complexity index is 847. The van der Waals surface area contributed by atoms with Crippen molar-refractivity contribution in [1.29, 1.82) is 0 Å². The topological polar surface area (TPSA) is 182 Å². The summed E-state index contributed by atoms with van der Waals surface area (Å²) in [5, 5.41) is 26.3. The molecule has 12 nitrogen and oxygen atoms in total. The van der Waals surface area contributed by atoms with Crippen LogP contribution in [0.2, 0.25) is 0 Å². The smallest absolute Gasteiger partial charge is 0.413 e. The largest absolute Gasteiger partial charge is 0.456 e. The summed E-state index contributed by atoms with van der Waals surface area (Å²) >= 11 is 0. The number of amides is 1. The van der Waals surface area contributed by atoms with E-state index < -0.39 is 38.2 Å². The van der Waals surface area contributed by atoms with Crippen molar-refractivity contribution >= 4 is 13.7 Å². The van der Waals surface area contributed by atoms with E-state index in [9.17, 15) is 24.5 Å². The molecule has 1 fully saturated rings. The van der Waals surface area contributed by atoms with Crippen molar-refractivity contribution in [3.63, 3.8) is 0 Å². The second kappa shape index (κ2) is 7.72. The van der Waals surface area contributed by atoms with E-state index in [2.05, 4.69) is 15.2 Å². The zero-order valence-electron chi connectivity index (χ0n) is 13.8. The minimum Gasteiger partial charge on any atom is -0.413 e. The van der Waals surface area contributed by atoms with Gasteiger partial charge in [0.1, 0.15) is 30.4 Å². The lowest BCUT2D eigenvalue weighted by Gasteiger charge is -2.18. The first-order valence-corrected chi connectivity index (χ1v) is 9.40. The van der Waals surface area contributed by atoms with Crippen molar-refractivity contribution in [2.75, 3.05) is 6.54 Å². The van der Waals surface area contributed by atoms with Crippen LogP contribution in [-0.2, 0) is 9.30 Å². The Kier molecular flexibility index (Phi) is 5.56. The number of nitrogens with one attached hydrogen (secondary N) is 1. The first-order chi connectivity index (χ1) is 12.8. The first-order valence-electron chi connectivity index (χ1n) is 7.82. The second-order valence-corrected chi connectivity index (χ2v) is 7.29. The van der Waals surface area contributed by atoms with Crippen LogP contribution in [0.3, 0.4) is 0 Å². The molecule has 3 rings (SSSR count). The van der Waals surface area contributed by atoms with Crippen LogP contribution in [0.25, 0.3) is 0 Å². The quantitative estimate of drug-likeness (QED) is 0.353. The highest BCUT2D eigenvalue weighted by atomic mass is 31.2. The molecule has 5 atom stereocenters. The van der Waals surface area contributed by atoms with Gasteiger partial charge in [0.25, 0.3) is 5.91 Å². The molecule has 2 unspecified atom stereocenters. The first kappa shape index (κ1) is 19.4. The molecular formula is C14H18N5O7P. The van der Waals surface area contributed by atoms with Crippen LogP contribution in [0.5, 0.6) is 5.75 Å². The van der Waals surface area contributed by atoms with Gasteiger partial charge in [0.15, 0.2) is 6.23 Å². The molecule has 146 valence electrons. The van der Waals surface area contributed by atoms with Gasteiger partial charge < -0.3 is 30.1 Å². The van der Waals surface area contributed by atoms with Crippen molar-refractivity contribution in [1.82, 2.24) is 19.9 Å². The second-order valence-electron chi connectivity index (χ2n) is 5.75. The number of ether oxygens (including phenoxy) is 1. The third kappa shape index (κ3) is 4.50. The minimum atomic E-state index is -4.23. The maximum absolute atomic E-state index is 12.1. The lowest BCUT2D eigenvalue weighted by atomic mass is 10.1. The van der Waals surface area contributed by atoms with Crippen LogP contribution in [0.1, 0.15) is 16.8 Å². The molecule has 0 radical (unpaired) electrons. The molecule has 1 aliphatic heterocycles. The number of para-hydroxylation sites is 1. The Morgan fingerprint density at radius 2 is 2.04 bits per heavy atom. The number of nitrogens with zero attached hydrogens (tertiary/aromatic N) is 3. The number of aliphatic hydroxyl groups excluding tert-OH is 2. The van der Waals surface area contributed by atoms with Crippen LogP contribution in [-0.4, -0.2) is 60.6 Å². The Labute approximate surface area is 153 Å². The maximum Gasteiger partial charge on any atom is 0.456 e. The molecule has 6 N–H and O–H groups in total. The monoisotopic (exact) mass is 399 g/mol. The number of carbonyl (C=O) groups excluding carboxylic acids is 1. The molecule has 0 aliphatic carbocycles. The summed E-state index contributed by atoms with van der Waals surface area (Å²) in [6, 6.07) is 8.01. The number of benzene rings is 1. The summed E-state index contributed by atoms with van der Waals surface area (Å²) in [5.41, 5.74) is 5.06. The Balaban J connectivity index is 1.62. The Morgan fingerprint density at radius 3 is 2.67 bits per heavy atom. The van der Waals surface area contributed by atoms with Gasteiger partial charge in [-0.3, -0.25) is 4.79 Å². The molecule has 1 aromatic heterocycles. The summed E-state index contributed by atoms with van der Waals surface area (Å²) < 4.78 is 23.6. The standard InChI is InChI=1S/C14H18N5O7P/c15-12(22)13-16-7-19(18-13)14-11(21)10(20)9(25-14)6-17-27(23,24)26-8-4-2-1-3-5-8/h1-5,7,9-11,14,20-21H,6H2,(H2,15,22)(H2,17,23,24)/t9?,10-,11-,14-/m1/s1. The lowest BCUT2D eigenvalue weighted by Crippen LogP contribution is -2.37. The highest BCUT2D eigenvalue weighted by molar-refractivity contribution is 7.51. The van der Waals surface area contributed by atoms with Gasteiger partial charge in [0.05, 0.1) is 0 Å². The van der Waals surface area contributed by atoms with Crippen LogP contribution in [0.4, 0.5) is 0 Å². The number of aliphatic hydroxyl groups is 2. The molecule has 2 heterocycles. The molecule has 13 heteroatoms. The molecule has 0 bridgehead atoms. The van der Waals surface area contributed by atoms with E-state index in [-0.39, 0.29) is 18.1 Å². The van der Waals surface area contributed by atoms with Gasteiger partial charge in [0.2, 0.25) is 5.82 Å². The van der Waals surface area contributed by atoms with Crippen LogP contribution < -0.4 is 15.3 Å². The highest BCUT2D eigenvalue weighted by Gasteiger charge is 2.45. The number of hydrogen-bond acceptors (Lipinski definition) is 8. The van der Waals surface area contributed by atoms with Crippen LogP contribution >= 0.6 is 7.75 Å². The van der Waals surface area contributed by atoms with E-state index in [1.165, 1.54) is 12.1 Å². The fourth-order valence-electron chi connectivity index (χ4n) is 2.49. The van der Waals surface area contributed by atoms with Gasteiger partial charge in [-0.05, 0) is 12.1 Å². The average Bonchev–Trinajstić information content (AvgIpc) is 3.21. The summed E-state index contributed by atoms with van der Waals surface area (Å²) in [7, 11) is -4.23. The minimum absolute atomic E-state index is 0.184. The van der Waals surface area contributed by atoms with E-state index in [1.807, 2.05) is 0 Å². The summed E-state index contributed by atoms with van der Waals surface area (Å²) in [6.45, 7) is -0.299. The molecule has 1 amide bonds. The lowest BCUT2D eigenvalue weighted by molar-refractivity contribution is -0.0430. The summed E-state index contributed by atoms with van der Waals surface area (Å²) in [6.07, 6.45) is -3.88. The molecule has 0 spiro atoms. The number of nitrogens with two attached hydrogens (primary N) is 1. The Hall–Kier alpha value is -2.34. The predicted octanol–water partition coefficient (Wildman–Crippen LogP) is -1.23. The van der Waals surface area contributed by atoms with Crippen molar-refractivity contribution in [2.45, 2.75) is 24.5 Å². The molecule has 27 heavy (non-hydrogen) atoms. The van der Waals surface area contributed by atoms with Crippen LogP contribution in [0.15, 0.2) is 36.7 Å². The van der Waals surface area contributed by atoms with Gasteiger partial charge in [0, 0.05) is 6.54 Å². The van der Waals surface area contributed by atoms with E-state index in [4.69, 9.17) is 15.0 Å². The van der Waals surface area contributed by atoms with E-state index in [0.717, 1.165) is 11.0 Å². The SMILES string of the molecule is NC(=O)c1ncn([C@@H]2OC(CNP(=O)(O)Oc3ccccc3)[C@@H](O)[C@H]2O)n1. The molecule has 1 aromatic carbocycles. The third-order valence-corrected chi connectivity index (χ3v) is 4.83. The van der Waals surface area contributed by atoms with Crippen molar-refractivity contribution < 1.29 is 33.7 Å². The fourth-order valence-corrected chi connectivity index (χ4v) is 3.37. The predicted molar refractivity (Wildman–Crippen MR) is 89.4 cm³/mol. The van der Waals surface area contributed by atoms with E-state index in [1.54, 1.807) is 18.2 Å². The van der Waals surface area contributed by atoms with Crippen molar-refractivity contribution in [3.8, 4) is 5.75 Å². The normalized spacial score (nSPS) is 27.2. The summed E-state index contributed by atoms with van der Waals surface area (Å²) in [5.74, 6) is -0.958. The summed E-state index contributed by atoms with van der Waals surface area (Å²) in [4.78, 5) is 24.6. The molecular weight excluding hydrogens is 381 g/mol. The average molecular weight is 399 g/mol. The molecule has 1 saturated heterocycles. The number of primary amides is 1. The third-order valence-electron chi connectivity index (χ3n) is 3.79. The highest BCUT2D eigenvalue weighted by Crippen LogP contribution is 2.39. The van der Waals surface area contributed by atoms with Crippen molar-refractivity contribution in [3.05, 3.63) is 42.5 Å². The molecule has 1 aliphatic rings. The van der Waals surface area contributed by atoms with Gasteiger partial charge in [-0.2, -0.15) is 0 Å². The molecule has 0 saturated carbocycles. The maximum atomic E-state index is 12.1. The number of aromatic nitrogens is 3. The zero-order valence-corrected chi connectivity index (χ0v) is 14.7. The van der Waals surface area contributed by atoms with Gasteiger partial charge in [-0.15, -0.1) is 5.10 Å². The van der Waals surface area contributed by atoms with Crippen LogP contribution in [0, 0.1) is 0 Å².